The molecule has 3 atom stereocenters. The van der Waals surface area contributed by atoms with Gasteiger partial charge in [-0.25, -0.2) is 0 Å². The van der Waals surface area contributed by atoms with Gasteiger partial charge in [-0.1, -0.05) is 62.1 Å². The highest BCUT2D eigenvalue weighted by Gasteiger charge is 2.36. The summed E-state index contributed by atoms with van der Waals surface area (Å²) in [5, 5.41) is 9.55. The third-order valence-corrected chi connectivity index (χ3v) is 7.05. The van der Waals surface area contributed by atoms with Crippen LogP contribution in [0.5, 0.6) is 0 Å². The van der Waals surface area contributed by atoms with E-state index in [9.17, 15) is 5.11 Å². The number of allylic oxidation sites excluding steroid dienone is 1. The van der Waals surface area contributed by atoms with Gasteiger partial charge in [0.25, 0.3) is 0 Å². The van der Waals surface area contributed by atoms with E-state index in [4.69, 9.17) is 0 Å². The molecule has 0 radical (unpaired) electrons. The maximum atomic E-state index is 9.55. The van der Waals surface area contributed by atoms with Crippen LogP contribution in [0.25, 0.3) is 0 Å². The van der Waals surface area contributed by atoms with Gasteiger partial charge in [-0.15, -0.1) is 0 Å². The normalized spacial score (nSPS) is 28.3. The summed E-state index contributed by atoms with van der Waals surface area (Å²) < 4.78 is 0. The van der Waals surface area contributed by atoms with Crippen LogP contribution in [0, 0.1) is 5.92 Å². The highest BCUT2D eigenvalue weighted by molar-refractivity contribution is 6.77. The summed E-state index contributed by atoms with van der Waals surface area (Å²) >= 11 is 0. The van der Waals surface area contributed by atoms with Crippen molar-refractivity contribution < 1.29 is 5.11 Å². The summed E-state index contributed by atoms with van der Waals surface area (Å²) in [5.41, 5.74) is 2.09. The molecule has 1 aromatic carbocycles. The molecule has 0 spiro atoms. The molecule has 0 aliphatic heterocycles. The molecule has 1 aromatic rings. The van der Waals surface area contributed by atoms with Crippen molar-refractivity contribution in [1.82, 2.24) is 0 Å². The predicted octanol–water partition coefficient (Wildman–Crippen LogP) is 4.05. The second-order valence-corrected chi connectivity index (χ2v) is 11.9. The Balaban J connectivity index is 2.23. The maximum absolute atomic E-state index is 9.55. The first-order valence-corrected chi connectivity index (χ1v) is 10.4. The molecule has 1 aliphatic carbocycles. The van der Waals surface area contributed by atoms with Crippen molar-refractivity contribution in [1.29, 1.82) is 0 Å². The van der Waals surface area contributed by atoms with Gasteiger partial charge in [0.1, 0.15) is 0 Å². The van der Waals surface area contributed by atoms with Crippen LogP contribution < -0.4 is 0 Å². The first-order chi connectivity index (χ1) is 8.52. The Labute approximate surface area is 112 Å². The van der Waals surface area contributed by atoms with Crippen LogP contribution >= 0.6 is 0 Å². The number of aliphatic hydroxyl groups excluding tert-OH is 1. The molecule has 1 nitrogen and oxygen atoms in total. The SMILES string of the molecule is C[Si](C)(C)C1C[C@H](c2ccccc2)C=C[C@@H]1CO. The molecule has 0 amide bonds. The van der Waals surface area contributed by atoms with Gasteiger partial charge in [0.15, 0.2) is 0 Å². The fraction of sp³-hybridized carbons (Fsp3) is 0.500. The third-order valence-electron chi connectivity index (χ3n) is 4.17. The molecule has 0 fully saturated rings. The van der Waals surface area contributed by atoms with Gasteiger partial charge in [0.05, 0.1) is 0 Å². The molecule has 98 valence electrons. The average Bonchev–Trinajstić information content (AvgIpc) is 2.38. The monoisotopic (exact) mass is 260 g/mol. The van der Waals surface area contributed by atoms with Crippen LogP contribution in [0.3, 0.4) is 0 Å². The van der Waals surface area contributed by atoms with E-state index < -0.39 is 8.07 Å². The molecule has 0 saturated heterocycles. The number of rotatable bonds is 3. The lowest BCUT2D eigenvalue weighted by Crippen LogP contribution is -2.36. The fourth-order valence-corrected chi connectivity index (χ4v) is 5.53. The second kappa shape index (κ2) is 5.41. The van der Waals surface area contributed by atoms with Gasteiger partial charge in [-0.3, -0.25) is 0 Å². The van der Waals surface area contributed by atoms with E-state index in [-0.39, 0.29) is 0 Å². The number of benzene rings is 1. The van der Waals surface area contributed by atoms with E-state index in [1.807, 2.05) is 0 Å². The van der Waals surface area contributed by atoms with E-state index in [0.29, 0.717) is 24.0 Å². The standard InChI is InChI=1S/C16H24OSi/c1-18(2,3)16-11-14(9-10-15(16)12-17)13-7-5-4-6-8-13/h4-10,14-17H,11-12H2,1-3H3/t14-,15-,16?/m1/s1. The van der Waals surface area contributed by atoms with Crippen molar-refractivity contribution >= 4 is 8.07 Å². The molecule has 18 heavy (non-hydrogen) atoms. The topological polar surface area (TPSA) is 20.2 Å². The van der Waals surface area contributed by atoms with E-state index in [0.717, 1.165) is 0 Å². The van der Waals surface area contributed by atoms with Crippen molar-refractivity contribution in [2.24, 2.45) is 5.92 Å². The minimum absolute atomic E-state index is 0.299. The van der Waals surface area contributed by atoms with Crippen LogP contribution in [0.2, 0.25) is 25.2 Å². The zero-order valence-corrected chi connectivity index (χ0v) is 12.6. The Bertz CT molecular complexity index is 405. The summed E-state index contributed by atoms with van der Waals surface area (Å²) in [4.78, 5) is 0. The quantitative estimate of drug-likeness (QED) is 0.642. The molecule has 2 rings (SSSR count). The summed E-state index contributed by atoms with van der Waals surface area (Å²) in [6.07, 6.45) is 5.75. The molecule has 0 saturated carbocycles. The van der Waals surface area contributed by atoms with E-state index in [1.54, 1.807) is 0 Å². The van der Waals surface area contributed by atoms with E-state index >= 15 is 0 Å². The predicted molar refractivity (Wildman–Crippen MR) is 80.6 cm³/mol. The lowest BCUT2D eigenvalue weighted by molar-refractivity contribution is 0.237. The molecule has 1 aliphatic rings. The first-order valence-electron chi connectivity index (χ1n) is 6.86. The Morgan fingerprint density at radius 3 is 2.33 bits per heavy atom. The lowest BCUT2D eigenvalue weighted by atomic mass is 9.84. The first kappa shape index (κ1) is 13.6. The molecule has 0 bridgehead atoms. The molecule has 2 heteroatoms. The lowest BCUT2D eigenvalue weighted by Gasteiger charge is -2.39. The summed E-state index contributed by atoms with van der Waals surface area (Å²) in [5.74, 6) is 0.905. The van der Waals surface area contributed by atoms with Crippen molar-refractivity contribution in [2.45, 2.75) is 37.5 Å². The molecule has 1 unspecified atom stereocenters. The smallest absolute Gasteiger partial charge is 0.0493 e. The van der Waals surface area contributed by atoms with Crippen molar-refractivity contribution in [3.63, 3.8) is 0 Å². The van der Waals surface area contributed by atoms with Crippen LogP contribution in [0.15, 0.2) is 42.5 Å². The molecular formula is C16H24OSi. The van der Waals surface area contributed by atoms with Gasteiger partial charge in [0.2, 0.25) is 0 Å². The van der Waals surface area contributed by atoms with Crippen molar-refractivity contribution in [3.8, 4) is 0 Å². The summed E-state index contributed by atoms with van der Waals surface area (Å²) in [6.45, 7) is 7.55. The molecular weight excluding hydrogens is 236 g/mol. The zero-order valence-electron chi connectivity index (χ0n) is 11.6. The van der Waals surface area contributed by atoms with Crippen LogP contribution in [-0.4, -0.2) is 19.8 Å². The Hall–Kier alpha value is -0.863. The van der Waals surface area contributed by atoms with E-state index in [1.165, 1.54) is 12.0 Å². The fourth-order valence-electron chi connectivity index (χ4n) is 3.07. The Kier molecular flexibility index (Phi) is 4.08. The largest absolute Gasteiger partial charge is 0.396 e. The highest BCUT2D eigenvalue weighted by Crippen LogP contribution is 2.43. The van der Waals surface area contributed by atoms with Gasteiger partial charge in [-0.05, 0) is 17.5 Å². The third kappa shape index (κ3) is 2.93. The van der Waals surface area contributed by atoms with Gasteiger partial charge in [0, 0.05) is 26.5 Å². The number of hydrogen-bond donors (Lipinski definition) is 1. The van der Waals surface area contributed by atoms with Gasteiger partial charge >= 0.3 is 0 Å². The molecule has 0 heterocycles. The maximum Gasteiger partial charge on any atom is 0.0493 e. The van der Waals surface area contributed by atoms with Crippen molar-refractivity contribution in [3.05, 3.63) is 48.0 Å². The minimum atomic E-state index is -1.23. The number of aliphatic hydroxyl groups is 1. The van der Waals surface area contributed by atoms with Gasteiger partial charge < -0.3 is 5.11 Å². The average molecular weight is 260 g/mol. The van der Waals surface area contributed by atoms with Crippen LogP contribution in [0.1, 0.15) is 17.9 Å². The van der Waals surface area contributed by atoms with E-state index in [2.05, 4.69) is 62.1 Å². The van der Waals surface area contributed by atoms with Crippen LogP contribution in [-0.2, 0) is 0 Å². The zero-order chi connectivity index (χ0) is 13.2. The highest BCUT2D eigenvalue weighted by atomic mass is 28.3. The Morgan fingerprint density at radius 1 is 1.11 bits per heavy atom. The number of hydrogen-bond acceptors (Lipinski definition) is 1. The summed E-state index contributed by atoms with van der Waals surface area (Å²) in [6, 6.07) is 10.7. The minimum Gasteiger partial charge on any atom is -0.396 e. The second-order valence-electron chi connectivity index (χ2n) is 6.46. The Morgan fingerprint density at radius 2 is 1.78 bits per heavy atom. The van der Waals surface area contributed by atoms with Gasteiger partial charge in [-0.2, -0.15) is 0 Å². The summed E-state index contributed by atoms with van der Waals surface area (Å²) in [7, 11) is -1.23. The molecule has 1 N–H and O–H groups in total. The molecule has 0 aromatic heterocycles. The van der Waals surface area contributed by atoms with Crippen molar-refractivity contribution in [2.75, 3.05) is 6.61 Å². The van der Waals surface area contributed by atoms with Crippen LogP contribution in [0.4, 0.5) is 0 Å².